The first kappa shape index (κ1) is 24.2. The van der Waals surface area contributed by atoms with Crippen LogP contribution in [0.4, 0.5) is 0 Å². The average molecular weight is 353 g/mol. The van der Waals surface area contributed by atoms with Crippen LogP contribution in [0.25, 0.3) is 0 Å². The molecule has 0 unspecified atom stereocenters. The van der Waals surface area contributed by atoms with Gasteiger partial charge in [0, 0.05) is 0 Å². The number of hydrogen-bond donors (Lipinski definition) is 0. The molecule has 0 spiro atoms. The van der Waals surface area contributed by atoms with Crippen molar-refractivity contribution in [2.75, 3.05) is 6.61 Å². The molecular weight excluding hydrogens is 308 g/mol. The Labute approximate surface area is 157 Å². The smallest absolute Gasteiger partial charge is 0.311 e. The van der Waals surface area contributed by atoms with Gasteiger partial charge in [-0.2, -0.15) is 0 Å². The van der Waals surface area contributed by atoms with Crippen molar-refractivity contribution in [3.63, 3.8) is 0 Å². The zero-order valence-electron chi connectivity index (χ0n) is 17.6. The number of carbonyl (C=O) groups is 1. The molecular formula is C23H44O2. The normalized spacial score (nSPS) is 12.0. The number of carbonyl (C=O) groups excluding carboxylic acids is 1. The highest BCUT2D eigenvalue weighted by atomic mass is 16.5. The van der Waals surface area contributed by atoms with Crippen LogP contribution in [0, 0.1) is 5.41 Å². The second kappa shape index (κ2) is 16.7. The Bertz CT molecular complexity index is 331. The molecule has 0 heterocycles. The molecule has 2 heteroatoms. The van der Waals surface area contributed by atoms with Crippen molar-refractivity contribution in [1.82, 2.24) is 0 Å². The van der Waals surface area contributed by atoms with Crippen molar-refractivity contribution in [1.29, 1.82) is 0 Å². The monoisotopic (exact) mass is 352 g/mol. The summed E-state index contributed by atoms with van der Waals surface area (Å²) in [6, 6.07) is 0. The number of rotatable bonds is 17. The summed E-state index contributed by atoms with van der Waals surface area (Å²) in [6.45, 7) is 8.87. The van der Waals surface area contributed by atoms with Crippen molar-refractivity contribution in [3.05, 3.63) is 12.2 Å². The van der Waals surface area contributed by atoms with Crippen LogP contribution in [0.2, 0.25) is 0 Å². The van der Waals surface area contributed by atoms with E-state index in [2.05, 4.69) is 19.1 Å². The van der Waals surface area contributed by atoms with E-state index in [1.165, 1.54) is 70.6 Å². The Hall–Kier alpha value is -0.790. The zero-order chi connectivity index (χ0) is 18.8. The molecule has 0 amide bonds. The lowest BCUT2D eigenvalue weighted by Crippen LogP contribution is -2.26. The summed E-state index contributed by atoms with van der Waals surface area (Å²) in [4.78, 5) is 12.0. The van der Waals surface area contributed by atoms with Crippen LogP contribution in [0.15, 0.2) is 12.2 Å². The molecule has 0 aromatic heterocycles. The van der Waals surface area contributed by atoms with Crippen LogP contribution in [0.5, 0.6) is 0 Å². The summed E-state index contributed by atoms with van der Waals surface area (Å²) in [6.07, 6.45) is 22.2. The summed E-state index contributed by atoms with van der Waals surface area (Å²) in [5.41, 5.74) is -0.327. The maximum absolute atomic E-state index is 12.0. The third-order valence-electron chi connectivity index (χ3n) is 4.80. The van der Waals surface area contributed by atoms with E-state index in [1.807, 2.05) is 20.8 Å². The van der Waals surface area contributed by atoms with E-state index in [4.69, 9.17) is 4.74 Å². The van der Waals surface area contributed by atoms with Crippen LogP contribution in [-0.4, -0.2) is 12.6 Å². The van der Waals surface area contributed by atoms with E-state index in [1.54, 1.807) is 0 Å². The van der Waals surface area contributed by atoms with Crippen LogP contribution < -0.4 is 0 Å². The van der Waals surface area contributed by atoms with Crippen LogP contribution in [0.3, 0.4) is 0 Å². The molecule has 0 aliphatic rings. The van der Waals surface area contributed by atoms with Crippen LogP contribution >= 0.6 is 0 Å². The van der Waals surface area contributed by atoms with Gasteiger partial charge >= 0.3 is 5.97 Å². The Morgan fingerprint density at radius 1 is 0.760 bits per heavy atom. The molecule has 0 saturated heterocycles. The third kappa shape index (κ3) is 15.2. The van der Waals surface area contributed by atoms with Crippen molar-refractivity contribution in [2.24, 2.45) is 5.41 Å². The van der Waals surface area contributed by atoms with Gasteiger partial charge in [0.05, 0.1) is 12.0 Å². The molecule has 0 aromatic rings. The lowest BCUT2D eigenvalue weighted by atomic mass is 9.87. The molecule has 0 bridgehead atoms. The molecule has 0 N–H and O–H groups in total. The predicted molar refractivity (Wildman–Crippen MR) is 110 cm³/mol. The zero-order valence-corrected chi connectivity index (χ0v) is 17.6. The van der Waals surface area contributed by atoms with Gasteiger partial charge in [-0.25, -0.2) is 0 Å². The first-order valence-electron chi connectivity index (χ1n) is 10.9. The number of esters is 1. The Kier molecular flexibility index (Phi) is 16.1. The SMILES string of the molecule is CCCCCCCC/C=C\CCCCCCC(C)(C)C(=O)OCCC. The minimum atomic E-state index is -0.327. The lowest BCUT2D eigenvalue weighted by Gasteiger charge is -2.22. The maximum atomic E-state index is 12.0. The Morgan fingerprint density at radius 3 is 1.84 bits per heavy atom. The molecule has 148 valence electrons. The Morgan fingerprint density at radius 2 is 1.28 bits per heavy atom. The van der Waals surface area contributed by atoms with E-state index in [0.717, 1.165) is 19.3 Å². The molecule has 2 nitrogen and oxygen atoms in total. The van der Waals surface area contributed by atoms with Crippen LogP contribution in [0.1, 0.15) is 118 Å². The molecule has 0 atom stereocenters. The highest BCUT2D eigenvalue weighted by Crippen LogP contribution is 2.25. The van der Waals surface area contributed by atoms with Gasteiger partial charge in [0.2, 0.25) is 0 Å². The largest absolute Gasteiger partial charge is 0.465 e. The summed E-state index contributed by atoms with van der Waals surface area (Å²) >= 11 is 0. The summed E-state index contributed by atoms with van der Waals surface area (Å²) in [5.74, 6) is -0.0352. The first-order chi connectivity index (χ1) is 12.0. The van der Waals surface area contributed by atoms with Gasteiger partial charge in [-0.15, -0.1) is 0 Å². The number of hydrogen-bond acceptors (Lipinski definition) is 2. The van der Waals surface area contributed by atoms with Gasteiger partial charge in [0.25, 0.3) is 0 Å². The van der Waals surface area contributed by atoms with Crippen molar-refractivity contribution in [3.8, 4) is 0 Å². The minimum Gasteiger partial charge on any atom is -0.465 e. The van der Waals surface area contributed by atoms with Crippen molar-refractivity contribution < 1.29 is 9.53 Å². The average Bonchev–Trinajstić information content (AvgIpc) is 2.59. The fourth-order valence-electron chi connectivity index (χ4n) is 2.95. The quantitative estimate of drug-likeness (QED) is 0.153. The maximum Gasteiger partial charge on any atom is 0.311 e. The predicted octanol–water partition coefficient (Wildman–Crippen LogP) is 7.61. The van der Waals surface area contributed by atoms with Crippen molar-refractivity contribution >= 4 is 5.97 Å². The fourth-order valence-corrected chi connectivity index (χ4v) is 2.95. The van der Waals surface area contributed by atoms with E-state index < -0.39 is 0 Å². The van der Waals surface area contributed by atoms with Gasteiger partial charge in [-0.3, -0.25) is 4.79 Å². The molecule has 0 fully saturated rings. The number of allylic oxidation sites excluding steroid dienone is 2. The molecule has 0 aromatic carbocycles. The fraction of sp³-hybridized carbons (Fsp3) is 0.870. The van der Waals surface area contributed by atoms with Gasteiger partial charge in [-0.05, 0) is 52.4 Å². The van der Waals surface area contributed by atoms with Gasteiger partial charge < -0.3 is 4.74 Å². The molecule has 0 rings (SSSR count). The van der Waals surface area contributed by atoms with Gasteiger partial charge in [0.1, 0.15) is 0 Å². The molecule has 0 aliphatic carbocycles. The van der Waals surface area contributed by atoms with Gasteiger partial charge in [-0.1, -0.05) is 77.4 Å². The second-order valence-electron chi connectivity index (χ2n) is 8.00. The molecule has 25 heavy (non-hydrogen) atoms. The molecule has 0 radical (unpaired) electrons. The summed E-state index contributed by atoms with van der Waals surface area (Å²) in [7, 11) is 0. The number of unbranched alkanes of at least 4 members (excludes halogenated alkanes) is 10. The highest BCUT2D eigenvalue weighted by Gasteiger charge is 2.28. The van der Waals surface area contributed by atoms with Gasteiger partial charge in [0.15, 0.2) is 0 Å². The number of ether oxygens (including phenoxy) is 1. The topological polar surface area (TPSA) is 26.3 Å². The van der Waals surface area contributed by atoms with E-state index in [0.29, 0.717) is 6.61 Å². The highest BCUT2D eigenvalue weighted by molar-refractivity contribution is 5.75. The lowest BCUT2D eigenvalue weighted by molar-refractivity contribution is -0.154. The second-order valence-corrected chi connectivity index (χ2v) is 8.00. The van der Waals surface area contributed by atoms with E-state index >= 15 is 0 Å². The van der Waals surface area contributed by atoms with E-state index in [9.17, 15) is 4.79 Å². The van der Waals surface area contributed by atoms with Crippen molar-refractivity contribution in [2.45, 2.75) is 118 Å². The molecule has 0 saturated carbocycles. The molecule has 0 aliphatic heterocycles. The minimum absolute atomic E-state index is 0.0352. The standard InChI is InChI=1S/C23H44O2/c1-5-7-8-9-10-11-12-13-14-15-16-17-18-19-20-23(3,4)22(24)25-21-6-2/h13-14H,5-12,15-21H2,1-4H3/b14-13-. The van der Waals surface area contributed by atoms with Crippen LogP contribution in [-0.2, 0) is 9.53 Å². The summed E-state index contributed by atoms with van der Waals surface area (Å²) < 4.78 is 5.28. The Balaban J connectivity index is 3.45. The summed E-state index contributed by atoms with van der Waals surface area (Å²) in [5, 5.41) is 0. The van der Waals surface area contributed by atoms with E-state index in [-0.39, 0.29) is 11.4 Å². The first-order valence-corrected chi connectivity index (χ1v) is 10.9. The third-order valence-corrected chi connectivity index (χ3v) is 4.80.